The Labute approximate surface area is 87.1 Å². The molecule has 1 rings (SSSR count). The first-order chi connectivity index (χ1) is 6.85. The standard InChI is InChI=1S/C10H16F2O3/c1-6-2-4-7(5-3-6)8(13)10(11,12)9(14)15/h6-8,13H,2-5H2,1H3,(H,14,15). The van der Waals surface area contributed by atoms with Gasteiger partial charge in [0, 0.05) is 0 Å². The van der Waals surface area contributed by atoms with Gasteiger partial charge < -0.3 is 10.2 Å². The third-order valence-electron chi connectivity index (χ3n) is 3.16. The molecule has 88 valence electrons. The van der Waals surface area contributed by atoms with E-state index in [1.165, 1.54) is 0 Å². The van der Waals surface area contributed by atoms with E-state index in [1.807, 2.05) is 6.92 Å². The first kappa shape index (κ1) is 12.4. The number of aliphatic hydroxyl groups is 1. The second kappa shape index (κ2) is 4.43. The van der Waals surface area contributed by atoms with Gasteiger partial charge in [0.15, 0.2) is 0 Å². The van der Waals surface area contributed by atoms with E-state index in [0.717, 1.165) is 12.8 Å². The topological polar surface area (TPSA) is 57.5 Å². The first-order valence-corrected chi connectivity index (χ1v) is 5.15. The molecule has 1 saturated carbocycles. The normalized spacial score (nSPS) is 29.9. The predicted octanol–water partition coefficient (Wildman–Crippen LogP) is 1.89. The van der Waals surface area contributed by atoms with Crippen LogP contribution in [-0.2, 0) is 4.79 Å². The van der Waals surface area contributed by atoms with Gasteiger partial charge in [0.25, 0.3) is 0 Å². The quantitative estimate of drug-likeness (QED) is 0.766. The third-order valence-corrected chi connectivity index (χ3v) is 3.16. The molecule has 1 aliphatic carbocycles. The summed E-state index contributed by atoms with van der Waals surface area (Å²) in [7, 11) is 0. The van der Waals surface area contributed by atoms with E-state index in [4.69, 9.17) is 5.11 Å². The van der Waals surface area contributed by atoms with Crippen LogP contribution in [0.15, 0.2) is 0 Å². The van der Waals surface area contributed by atoms with Gasteiger partial charge in [0.1, 0.15) is 6.10 Å². The summed E-state index contributed by atoms with van der Waals surface area (Å²) in [5.41, 5.74) is 0. The number of carboxylic acid groups (broad SMARTS) is 1. The van der Waals surface area contributed by atoms with Crippen LogP contribution in [0, 0.1) is 11.8 Å². The minimum atomic E-state index is -4.02. The molecule has 0 aromatic rings. The highest BCUT2D eigenvalue weighted by atomic mass is 19.3. The second-order valence-electron chi connectivity index (χ2n) is 4.39. The van der Waals surface area contributed by atoms with Gasteiger partial charge >= 0.3 is 11.9 Å². The summed E-state index contributed by atoms with van der Waals surface area (Å²) in [6, 6.07) is 0. The van der Waals surface area contributed by atoms with Gasteiger partial charge in [-0.25, -0.2) is 4.79 Å². The zero-order valence-electron chi connectivity index (χ0n) is 8.62. The molecule has 15 heavy (non-hydrogen) atoms. The molecule has 5 heteroatoms. The molecule has 1 fully saturated rings. The fourth-order valence-electron chi connectivity index (χ4n) is 2.02. The monoisotopic (exact) mass is 222 g/mol. The molecule has 0 saturated heterocycles. The number of rotatable bonds is 3. The lowest BCUT2D eigenvalue weighted by atomic mass is 9.78. The van der Waals surface area contributed by atoms with Gasteiger partial charge in [-0.05, 0) is 24.7 Å². The maximum atomic E-state index is 13.0. The maximum absolute atomic E-state index is 13.0. The molecule has 1 atom stereocenters. The molecule has 0 amide bonds. The van der Waals surface area contributed by atoms with Gasteiger partial charge in [-0.1, -0.05) is 19.8 Å². The zero-order chi connectivity index (χ0) is 11.6. The highest BCUT2D eigenvalue weighted by Gasteiger charge is 2.50. The summed E-state index contributed by atoms with van der Waals surface area (Å²) in [6.07, 6.45) is 0.452. The average Bonchev–Trinajstić information content (AvgIpc) is 2.17. The first-order valence-electron chi connectivity index (χ1n) is 5.15. The molecule has 0 aliphatic heterocycles. The minimum absolute atomic E-state index is 0.477. The van der Waals surface area contributed by atoms with Crippen LogP contribution in [-0.4, -0.2) is 28.2 Å². The Bertz CT molecular complexity index is 235. The van der Waals surface area contributed by atoms with Gasteiger partial charge in [-0.3, -0.25) is 0 Å². The van der Waals surface area contributed by atoms with Crippen molar-refractivity contribution in [3.63, 3.8) is 0 Å². The lowest BCUT2D eigenvalue weighted by molar-refractivity contribution is -0.189. The lowest BCUT2D eigenvalue weighted by Gasteiger charge is -2.32. The Hall–Kier alpha value is -0.710. The van der Waals surface area contributed by atoms with Crippen molar-refractivity contribution in [1.29, 1.82) is 0 Å². The van der Waals surface area contributed by atoms with Crippen molar-refractivity contribution < 1.29 is 23.8 Å². The molecule has 0 heterocycles. The minimum Gasteiger partial charge on any atom is -0.477 e. The fraction of sp³-hybridized carbons (Fsp3) is 0.900. The van der Waals surface area contributed by atoms with E-state index < -0.39 is 23.9 Å². The van der Waals surface area contributed by atoms with Crippen LogP contribution in [0.3, 0.4) is 0 Å². The Kier molecular flexibility index (Phi) is 3.65. The van der Waals surface area contributed by atoms with E-state index in [1.54, 1.807) is 0 Å². The van der Waals surface area contributed by atoms with Crippen molar-refractivity contribution in [1.82, 2.24) is 0 Å². The van der Waals surface area contributed by atoms with Crippen molar-refractivity contribution in [3.8, 4) is 0 Å². The Morgan fingerprint density at radius 1 is 1.33 bits per heavy atom. The Morgan fingerprint density at radius 2 is 1.80 bits per heavy atom. The van der Waals surface area contributed by atoms with E-state index in [0.29, 0.717) is 18.8 Å². The van der Waals surface area contributed by atoms with Crippen LogP contribution in [0.25, 0.3) is 0 Å². The van der Waals surface area contributed by atoms with E-state index in [-0.39, 0.29) is 0 Å². The van der Waals surface area contributed by atoms with E-state index in [2.05, 4.69) is 0 Å². The fourth-order valence-corrected chi connectivity index (χ4v) is 2.02. The molecular weight excluding hydrogens is 206 g/mol. The summed E-state index contributed by atoms with van der Waals surface area (Å²) in [6.45, 7) is 2.03. The Balaban J connectivity index is 2.60. The number of halogens is 2. The van der Waals surface area contributed by atoms with Crippen LogP contribution >= 0.6 is 0 Å². The van der Waals surface area contributed by atoms with Gasteiger partial charge in [0.05, 0.1) is 0 Å². The zero-order valence-corrected chi connectivity index (χ0v) is 8.62. The maximum Gasteiger partial charge on any atom is 0.377 e. The van der Waals surface area contributed by atoms with Crippen LogP contribution in [0.2, 0.25) is 0 Å². The van der Waals surface area contributed by atoms with Crippen LogP contribution < -0.4 is 0 Å². The number of carbonyl (C=O) groups is 1. The van der Waals surface area contributed by atoms with Crippen molar-refractivity contribution in [2.24, 2.45) is 11.8 Å². The van der Waals surface area contributed by atoms with Gasteiger partial charge in [0.2, 0.25) is 0 Å². The molecular formula is C10H16F2O3. The highest BCUT2D eigenvalue weighted by Crippen LogP contribution is 2.35. The van der Waals surface area contributed by atoms with Crippen LogP contribution in [0.1, 0.15) is 32.6 Å². The van der Waals surface area contributed by atoms with Crippen molar-refractivity contribution in [3.05, 3.63) is 0 Å². The molecule has 0 spiro atoms. The number of alkyl halides is 2. The average molecular weight is 222 g/mol. The summed E-state index contributed by atoms with van der Waals surface area (Å²) in [4.78, 5) is 10.3. The molecule has 0 radical (unpaired) electrons. The molecule has 0 aromatic carbocycles. The third kappa shape index (κ3) is 2.65. The SMILES string of the molecule is CC1CCC(C(O)C(F)(F)C(=O)O)CC1. The summed E-state index contributed by atoms with van der Waals surface area (Å²) in [5.74, 6) is -6.38. The molecule has 0 bridgehead atoms. The largest absolute Gasteiger partial charge is 0.477 e. The number of aliphatic hydroxyl groups excluding tert-OH is 1. The summed E-state index contributed by atoms with van der Waals surface area (Å²) < 4.78 is 25.9. The number of hydrogen-bond donors (Lipinski definition) is 2. The number of hydrogen-bond acceptors (Lipinski definition) is 2. The summed E-state index contributed by atoms with van der Waals surface area (Å²) in [5, 5.41) is 17.6. The Morgan fingerprint density at radius 3 is 2.20 bits per heavy atom. The van der Waals surface area contributed by atoms with Crippen molar-refractivity contribution in [2.45, 2.75) is 44.6 Å². The van der Waals surface area contributed by atoms with Crippen molar-refractivity contribution >= 4 is 5.97 Å². The molecule has 2 N–H and O–H groups in total. The van der Waals surface area contributed by atoms with E-state index >= 15 is 0 Å². The van der Waals surface area contributed by atoms with Crippen LogP contribution in [0.5, 0.6) is 0 Å². The molecule has 1 unspecified atom stereocenters. The summed E-state index contributed by atoms with van der Waals surface area (Å²) >= 11 is 0. The predicted molar refractivity (Wildman–Crippen MR) is 49.7 cm³/mol. The van der Waals surface area contributed by atoms with Gasteiger partial charge in [-0.2, -0.15) is 8.78 Å². The molecule has 1 aliphatic rings. The second-order valence-corrected chi connectivity index (χ2v) is 4.39. The van der Waals surface area contributed by atoms with Crippen LogP contribution in [0.4, 0.5) is 8.78 Å². The molecule has 3 nitrogen and oxygen atoms in total. The van der Waals surface area contributed by atoms with Crippen molar-refractivity contribution in [2.75, 3.05) is 0 Å². The van der Waals surface area contributed by atoms with E-state index in [9.17, 15) is 18.7 Å². The number of aliphatic carboxylic acids is 1. The van der Waals surface area contributed by atoms with Gasteiger partial charge in [-0.15, -0.1) is 0 Å². The smallest absolute Gasteiger partial charge is 0.377 e. The highest BCUT2D eigenvalue weighted by molar-refractivity contribution is 5.76. The molecule has 0 aromatic heterocycles. The lowest BCUT2D eigenvalue weighted by Crippen LogP contribution is -2.46. The number of carboxylic acids is 1.